The van der Waals surface area contributed by atoms with Crippen LogP contribution in [-0.4, -0.2) is 28.5 Å². The van der Waals surface area contributed by atoms with Gasteiger partial charge in [0.2, 0.25) is 5.78 Å². The zero-order valence-electron chi connectivity index (χ0n) is 16.1. The molecule has 0 radical (unpaired) electrons. The summed E-state index contributed by atoms with van der Waals surface area (Å²) in [5.74, 6) is 1.59. The van der Waals surface area contributed by atoms with E-state index in [-0.39, 0.29) is 0 Å². The average Bonchev–Trinajstić information content (AvgIpc) is 3.03. The van der Waals surface area contributed by atoms with Crippen LogP contribution in [0.2, 0.25) is 0 Å². The first-order valence-corrected chi connectivity index (χ1v) is 8.98. The maximum Gasteiger partial charge on any atom is 0.235 e. The monoisotopic (exact) mass is 357 g/mol. The minimum Gasteiger partial charge on any atom is -0.378 e. The van der Waals surface area contributed by atoms with Crippen LogP contribution in [0.5, 0.6) is 0 Å². The van der Waals surface area contributed by atoms with Crippen molar-refractivity contribution in [2.24, 2.45) is 0 Å². The van der Waals surface area contributed by atoms with Gasteiger partial charge in [-0.05, 0) is 55.3 Å². The van der Waals surface area contributed by atoms with E-state index >= 15 is 0 Å². The molecular formula is C22H23N5. The smallest absolute Gasteiger partial charge is 0.235 e. The predicted octanol–water partition coefficient (Wildman–Crippen LogP) is 4.82. The largest absolute Gasteiger partial charge is 0.378 e. The van der Waals surface area contributed by atoms with Gasteiger partial charge in [0, 0.05) is 43.4 Å². The van der Waals surface area contributed by atoms with Crippen LogP contribution in [-0.2, 0) is 0 Å². The predicted molar refractivity (Wildman–Crippen MR) is 112 cm³/mol. The van der Waals surface area contributed by atoms with Crippen LogP contribution in [0.3, 0.4) is 0 Å². The molecule has 4 aromatic rings. The molecule has 5 nitrogen and oxygen atoms in total. The van der Waals surface area contributed by atoms with E-state index in [0.29, 0.717) is 5.78 Å². The van der Waals surface area contributed by atoms with E-state index in [0.717, 1.165) is 28.5 Å². The third kappa shape index (κ3) is 3.24. The Labute approximate surface area is 159 Å². The van der Waals surface area contributed by atoms with Gasteiger partial charge in [-0.15, -0.1) is 0 Å². The lowest BCUT2D eigenvalue weighted by atomic mass is 10.1. The fourth-order valence-corrected chi connectivity index (χ4v) is 3.08. The van der Waals surface area contributed by atoms with Crippen molar-refractivity contribution >= 4 is 23.0 Å². The van der Waals surface area contributed by atoms with Gasteiger partial charge in [-0.2, -0.15) is 0 Å². The summed E-state index contributed by atoms with van der Waals surface area (Å²) in [4.78, 5) is 11.3. The lowest BCUT2D eigenvalue weighted by Crippen LogP contribution is -2.07. The van der Waals surface area contributed by atoms with Gasteiger partial charge in [0.15, 0.2) is 0 Å². The van der Waals surface area contributed by atoms with E-state index < -0.39 is 0 Å². The molecule has 1 N–H and O–H groups in total. The standard InChI is InChI=1S/C22H23N5/c1-15-6-9-18(14-16(15)2)24-21-20(25-22-23-12-5-13-27(21)22)17-7-10-19(11-8-17)26(3)4/h5-14,24H,1-4H3. The van der Waals surface area contributed by atoms with Crippen molar-refractivity contribution in [3.8, 4) is 11.3 Å². The number of aryl methyl sites for hydroxylation is 2. The Morgan fingerprint density at radius 2 is 1.74 bits per heavy atom. The Bertz CT molecular complexity index is 1090. The molecule has 2 heterocycles. The average molecular weight is 357 g/mol. The van der Waals surface area contributed by atoms with E-state index in [1.807, 2.05) is 30.8 Å². The topological polar surface area (TPSA) is 45.5 Å². The van der Waals surface area contributed by atoms with E-state index in [9.17, 15) is 0 Å². The Morgan fingerprint density at radius 1 is 0.963 bits per heavy atom. The Kier molecular flexibility index (Phi) is 4.28. The SMILES string of the molecule is Cc1ccc(Nc2c(-c3ccc(N(C)C)cc3)nc3ncccn23)cc1C. The van der Waals surface area contributed by atoms with Gasteiger partial charge in [0.05, 0.1) is 0 Å². The molecular weight excluding hydrogens is 334 g/mol. The quantitative estimate of drug-likeness (QED) is 0.569. The van der Waals surface area contributed by atoms with E-state index in [1.54, 1.807) is 6.20 Å². The molecule has 0 aliphatic carbocycles. The zero-order valence-corrected chi connectivity index (χ0v) is 16.1. The van der Waals surface area contributed by atoms with Gasteiger partial charge in [0.25, 0.3) is 0 Å². The number of hydrogen-bond acceptors (Lipinski definition) is 4. The molecule has 0 unspecified atom stereocenters. The van der Waals surface area contributed by atoms with Gasteiger partial charge >= 0.3 is 0 Å². The summed E-state index contributed by atoms with van der Waals surface area (Å²) in [6.45, 7) is 4.24. The van der Waals surface area contributed by atoms with Crippen LogP contribution in [0.4, 0.5) is 17.2 Å². The first-order valence-electron chi connectivity index (χ1n) is 8.98. The molecule has 0 amide bonds. The number of aromatic nitrogens is 3. The highest BCUT2D eigenvalue weighted by atomic mass is 15.2. The molecule has 5 heteroatoms. The Balaban J connectivity index is 1.82. The molecule has 0 spiro atoms. The lowest BCUT2D eigenvalue weighted by molar-refractivity contribution is 1.11. The van der Waals surface area contributed by atoms with E-state index in [2.05, 4.69) is 71.5 Å². The van der Waals surface area contributed by atoms with Gasteiger partial charge in [-0.3, -0.25) is 4.40 Å². The van der Waals surface area contributed by atoms with Crippen LogP contribution in [0.15, 0.2) is 60.9 Å². The van der Waals surface area contributed by atoms with Crippen molar-refractivity contribution in [3.63, 3.8) is 0 Å². The second-order valence-electron chi connectivity index (χ2n) is 6.96. The maximum atomic E-state index is 4.77. The van der Waals surface area contributed by atoms with Crippen molar-refractivity contribution < 1.29 is 0 Å². The molecule has 4 rings (SSSR count). The second-order valence-corrected chi connectivity index (χ2v) is 6.96. The fourth-order valence-electron chi connectivity index (χ4n) is 3.08. The molecule has 0 aliphatic heterocycles. The number of nitrogens with zero attached hydrogens (tertiary/aromatic N) is 4. The van der Waals surface area contributed by atoms with Crippen LogP contribution in [0, 0.1) is 13.8 Å². The summed E-state index contributed by atoms with van der Waals surface area (Å²) in [6.07, 6.45) is 3.75. The summed E-state index contributed by atoms with van der Waals surface area (Å²) < 4.78 is 1.99. The van der Waals surface area contributed by atoms with Crippen LogP contribution in [0.25, 0.3) is 17.0 Å². The molecule has 2 aromatic carbocycles. The summed E-state index contributed by atoms with van der Waals surface area (Å²) in [6, 6.07) is 16.7. The van der Waals surface area contributed by atoms with Gasteiger partial charge in [0.1, 0.15) is 11.5 Å². The van der Waals surface area contributed by atoms with E-state index in [1.165, 1.54) is 11.1 Å². The van der Waals surface area contributed by atoms with Crippen molar-refractivity contribution in [2.75, 3.05) is 24.3 Å². The van der Waals surface area contributed by atoms with Crippen LogP contribution in [0.1, 0.15) is 11.1 Å². The summed E-state index contributed by atoms with van der Waals surface area (Å²) >= 11 is 0. The highest BCUT2D eigenvalue weighted by molar-refractivity contribution is 5.79. The molecule has 0 bridgehead atoms. The molecule has 136 valence electrons. The summed E-state index contributed by atoms with van der Waals surface area (Å²) in [5, 5.41) is 3.55. The van der Waals surface area contributed by atoms with Crippen molar-refractivity contribution in [1.29, 1.82) is 0 Å². The number of imidazole rings is 1. The van der Waals surface area contributed by atoms with Crippen molar-refractivity contribution in [2.45, 2.75) is 13.8 Å². The molecule has 0 saturated heterocycles. The van der Waals surface area contributed by atoms with Gasteiger partial charge in [-0.25, -0.2) is 9.97 Å². The molecule has 0 atom stereocenters. The lowest BCUT2D eigenvalue weighted by Gasteiger charge is -2.13. The van der Waals surface area contributed by atoms with Crippen molar-refractivity contribution in [1.82, 2.24) is 14.4 Å². The summed E-state index contributed by atoms with van der Waals surface area (Å²) in [7, 11) is 4.08. The maximum absolute atomic E-state index is 4.77. The molecule has 0 aliphatic rings. The number of nitrogens with one attached hydrogen (secondary N) is 1. The van der Waals surface area contributed by atoms with Crippen molar-refractivity contribution in [3.05, 3.63) is 72.1 Å². The number of rotatable bonds is 4. The molecule has 2 aromatic heterocycles. The first-order chi connectivity index (χ1) is 13.0. The Hall–Kier alpha value is -3.34. The van der Waals surface area contributed by atoms with Crippen LogP contribution >= 0.6 is 0 Å². The van der Waals surface area contributed by atoms with Crippen LogP contribution < -0.4 is 10.2 Å². The third-order valence-electron chi connectivity index (χ3n) is 4.83. The molecule has 27 heavy (non-hydrogen) atoms. The molecule has 0 fully saturated rings. The zero-order chi connectivity index (χ0) is 19.0. The Morgan fingerprint density at radius 3 is 2.44 bits per heavy atom. The highest BCUT2D eigenvalue weighted by Gasteiger charge is 2.15. The fraction of sp³-hybridized carbons (Fsp3) is 0.182. The number of anilines is 3. The normalized spacial score (nSPS) is 11.0. The first kappa shape index (κ1) is 17.1. The number of hydrogen-bond donors (Lipinski definition) is 1. The molecule has 0 saturated carbocycles. The highest BCUT2D eigenvalue weighted by Crippen LogP contribution is 2.32. The number of benzene rings is 2. The minimum atomic E-state index is 0.676. The van der Waals surface area contributed by atoms with E-state index in [4.69, 9.17) is 4.98 Å². The second kappa shape index (κ2) is 6.76. The van der Waals surface area contributed by atoms with Gasteiger partial charge < -0.3 is 10.2 Å². The van der Waals surface area contributed by atoms with Gasteiger partial charge in [-0.1, -0.05) is 18.2 Å². The summed E-state index contributed by atoms with van der Waals surface area (Å²) in [5.41, 5.74) is 6.66. The number of fused-ring (bicyclic) bond motifs is 1. The third-order valence-corrected chi connectivity index (χ3v) is 4.83. The minimum absolute atomic E-state index is 0.676.